The molecule has 0 unspecified atom stereocenters. The zero-order valence-electron chi connectivity index (χ0n) is 11.7. The number of hydrogen-bond donors (Lipinski definition) is 1. The van der Waals surface area contributed by atoms with Crippen molar-refractivity contribution in [3.05, 3.63) is 39.2 Å². The molecular formula is C14H20N4S. The van der Waals surface area contributed by atoms with Crippen LogP contribution in [0.4, 0.5) is 5.82 Å². The molecule has 0 atom stereocenters. The van der Waals surface area contributed by atoms with Gasteiger partial charge >= 0.3 is 0 Å². The van der Waals surface area contributed by atoms with Gasteiger partial charge < -0.3 is 10.6 Å². The molecule has 0 aliphatic heterocycles. The quantitative estimate of drug-likeness (QED) is 0.912. The number of nitrogens with two attached hydrogens (primary N) is 1. The third kappa shape index (κ3) is 2.93. The molecule has 0 aromatic carbocycles. The van der Waals surface area contributed by atoms with Crippen molar-refractivity contribution < 1.29 is 0 Å². The van der Waals surface area contributed by atoms with Crippen molar-refractivity contribution in [2.45, 2.75) is 33.9 Å². The van der Waals surface area contributed by atoms with Crippen LogP contribution in [0.5, 0.6) is 0 Å². The molecular weight excluding hydrogens is 256 g/mol. The summed E-state index contributed by atoms with van der Waals surface area (Å²) in [4.78, 5) is 3.55. The van der Waals surface area contributed by atoms with Gasteiger partial charge in [0, 0.05) is 23.5 Å². The number of thiophene rings is 1. The average Bonchev–Trinajstić information content (AvgIpc) is 2.92. The van der Waals surface area contributed by atoms with Gasteiger partial charge in [-0.05, 0) is 37.8 Å². The summed E-state index contributed by atoms with van der Waals surface area (Å²) < 4.78 is 0. The Morgan fingerprint density at radius 3 is 2.68 bits per heavy atom. The molecule has 0 amide bonds. The van der Waals surface area contributed by atoms with Crippen LogP contribution in [-0.2, 0) is 13.1 Å². The van der Waals surface area contributed by atoms with E-state index in [0.29, 0.717) is 6.54 Å². The second-order valence-corrected chi connectivity index (χ2v) is 5.54. The Bertz CT molecular complexity index is 537. The Kier molecular flexibility index (Phi) is 4.50. The van der Waals surface area contributed by atoms with E-state index in [1.54, 1.807) is 11.3 Å². The van der Waals surface area contributed by atoms with E-state index in [9.17, 15) is 0 Å². The van der Waals surface area contributed by atoms with Crippen molar-refractivity contribution in [3.63, 3.8) is 0 Å². The third-order valence-electron chi connectivity index (χ3n) is 3.37. The zero-order valence-corrected chi connectivity index (χ0v) is 12.5. The van der Waals surface area contributed by atoms with Crippen molar-refractivity contribution in [1.29, 1.82) is 0 Å². The Morgan fingerprint density at radius 2 is 2.11 bits per heavy atom. The minimum Gasteiger partial charge on any atom is -0.350 e. The molecule has 0 bridgehead atoms. The minimum absolute atomic E-state index is 0.498. The second kappa shape index (κ2) is 6.12. The lowest BCUT2D eigenvalue weighted by atomic mass is 10.1. The number of hydrogen-bond acceptors (Lipinski definition) is 5. The molecule has 2 rings (SSSR count). The minimum atomic E-state index is 0.498. The Morgan fingerprint density at radius 1 is 1.32 bits per heavy atom. The van der Waals surface area contributed by atoms with E-state index in [1.807, 2.05) is 6.92 Å². The Balaban J connectivity index is 2.35. The van der Waals surface area contributed by atoms with Crippen LogP contribution in [0.1, 0.15) is 28.6 Å². The summed E-state index contributed by atoms with van der Waals surface area (Å²) in [6.07, 6.45) is 0. The van der Waals surface area contributed by atoms with Gasteiger partial charge in [0.15, 0.2) is 5.82 Å². The molecule has 0 spiro atoms. The molecule has 4 nitrogen and oxygen atoms in total. The lowest BCUT2D eigenvalue weighted by Gasteiger charge is -2.24. The van der Waals surface area contributed by atoms with E-state index in [-0.39, 0.29) is 0 Å². The topological polar surface area (TPSA) is 55.0 Å². The fraction of sp³-hybridized carbons (Fsp3) is 0.429. The van der Waals surface area contributed by atoms with Gasteiger partial charge in [-0.1, -0.05) is 6.07 Å². The van der Waals surface area contributed by atoms with E-state index in [4.69, 9.17) is 5.73 Å². The summed E-state index contributed by atoms with van der Waals surface area (Å²) in [5.74, 6) is 0.918. The molecule has 19 heavy (non-hydrogen) atoms. The molecule has 5 heteroatoms. The highest BCUT2D eigenvalue weighted by atomic mass is 32.1. The van der Waals surface area contributed by atoms with Gasteiger partial charge in [0.2, 0.25) is 0 Å². The highest BCUT2D eigenvalue weighted by Gasteiger charge is 2.15. The van der Waals surface area contributed by atoms with E-state index >= 15 is 0 Å². The monoisotopic (exact) mass is 276 g/mol. The van der Waals surface area contributed by atoms with Crippen LogP contribution < -0.4 is 10.6 Å². The third-order valence-corrected chi connectivity index (χ3v) is 4.23. The van der Waals surface area contributed by atoms with Crippen LogP contribution in [0.2, 0.25) is 0 Å². The molecule has 0 fully saturated rings. The Hall–Kier alpha value is -1.46. The van der Waals surface area contributed by atoms with Crippen LogP contribution in [0.15, 0.2) is 17.5 Å². The van der Waals surface area contributed by atoms with Crippen LogP contribution in [0, 0.1) is 13.8 Å². The summed E-state index contributed by atoms with van der Waals surface area (Å²) >= 11 is 1.76. The molecule has 102 valence electrons. The first-order chi connectivity index (χ1) is 9.17. The lowest BCUT2D eigenvalue weighted by molar-refractivity contribution is 0.778. The fourth-order valence-corrected chi connectivity index (χ4v) is 2.79. The first-order valence-electron chi connectivity index (χ1n) is 6.47. The van der Waals surface area contributed by atoms with Gasteiger partial charge in [0.05, 0.1) is 12.2 Å². The van der Waals surface area contributed by atoms with E-state index in [2.05, 4.69) is 46.5 Å². The predicted octanol–water partition coefficient (Wildman–Crippen LogP) is 2.64. The first-order valence-corrected chi connectivity index (χ1v) is 7.35. The van der Waals surface area contributed by atoms with Gasteiger partial charge in [0.25, 0.3) is 0 Å². The van der Waals surface area contributed by atoms with Gasteiger partial charge in [-0.15, -0.1) is 16.4 Å². The van der Waals surface area contributed by atoms with Crippen molar-refractivity contribution >= 4 is 17.2 Å². The molecule has 2 aromatic heterocycles. The van der Waals surface area contributed by atoms with Crippen molar-refractivity contribution in [2.24, 2.45) is 5.73 Å². The molecule has 0 aliphatic rings. The number of rotatable bonds is 5. The highest BCUT2D eigenvalue weighted by Crippen LogP contribution is 2.24. The summed E-state index contributed by atoms with van der Waals surface area (Å²) in [6, 6.07) is 4.22. The smallest absolute Gasteiger partial charge is 0.156 e. The molecule has 0 radical (unpaired) electrons. The number of aromatic nitrogens is 2. The summed E-state index contributed by atoms with van der Waals surface area (Å²) in [6.45, 7) is 8.42. The largest absolute Gasteiger partial charge is 0.350 e. The maximum Gasteiger partial charge on any atom is 0.156 e. The van der Waals surface area contributed by atoms with Crippen molar-refractivity contribution in [1.82, 2.24) is 10.2 Å². The average molecular weight is 276 g/mol. The molecule has 0 saturated carbocycles. The molecule has 2 N–H and O–H groups in total. The number of anilines is 1. The second-order valence-electron chi connectivity index (χ2n) is 4.51. The predicted molar refractivity (Wildman–Crippen MR) is 80.4 cm³/mol. The highest BCUT2D eigenvalue weighted by molar-refractivity contribution is 7.09. The lowest BCUT2D eigenvalue weighted by Crippen LogP contribution is -2.26. The van der Waals surface area contributed by atoms with E-state index < -0.39 is 0 Å². The van der Waals surface area contributed by atoms with Crippen molar-refractivity contribution in [3.8, 4) is 0 Å². The van der Waals surface area contributed by atoms with Gasteiger partial charge in [-0.25, -0.2) is 0 Å². The maximum absolute atomic E-state index is 5.89. The summed E-state index contributed by atoms with van der Waals surface area (Å²) in [5, 5.41) is 10.7. The molecule has 2 aromatic rings. The first kappa shape index (κ1) is 14.0. The van der Waals surface area contributed by atoms with Crippen molar-refractivity contribution in [2.75, 3.05) is 11.4 Å². The van der Waals surface area contributed by atoms with Gasteiger partial charge in [-0.2, -0.15) is 5.10 Å². The molecule has 0 aliphatic carbocycles. The zero-order chi connectivity index (χ0) is 13.8. The molecule has 2 heterocycles. The normalized spacial score (nSPS) is 10.7. The van der Waals surface area contributed by atoms with E-state index in [1.165, 1.54) is 4.88 Å². The van der Waals surface area contributed by atoms with Gasteiger partial charge in [-0.3, -0.25) is 0 Å². The molecule has 0 saturated heterocycles. The fourth-order valence-electron chi connectivity index (χ4n) is 2.07. The number of aryl methyl sites for hydroxylation is 1. The maximum atomic E-state index is 5.89. The van der Waals surface area contributed by atoms with Crippen LogP contribution in [-0.4, -0.2) is 16.7 Å². The number of nitrogens with zero attached hydrogens (tertiary/aromatic N) is 3. The van der Waals surface area contributed by atoms with Crippen LogP contribution in [0.3, 0.4) is 0 Å². The SMILES string of the molecule is CCN(Cc1cccs1)c1nnc(C)c(C)c1CN. The summed E-state index contributed by atoms with van der Waals surface area (Å²) in [7, 11) is 0. The van der Waals surface area contributed by atoms with Gasteiger partial charge in [0.1, 0.15) is 0 Å². The van der Waals surface area contributed by atoms with Crippen LogP contribution in [0.25, 0.3) is 0 Å². The Labute approximate surface area is 118 Å². The standard InChI is InChI=1S/C14H20N4S/c1-4-18(9-12-6-5-7-19-12)14-13(8-15)10(2)11(3)16-17-14/h5-7H,4,8-9,15H2,1-3H3. The van der Waals surface area contributed by atoms with Crippen LogP contribution >= 0.6 is 11.3 Å². The van der Waals surface area contributed by atoms with E-state index in [0.717, 1.165) is 35.7 Å². The summed E-state index contributed by atoms with van der Waals surface area (Å²) in [5.41, 5.74) is 9.10.